The van der Waals surface area contributed by atoms with Crippen LogP contribution in [0.5, 0.6) is 0 Å². The van der Waals surface area contributed by atoms with Gasteiger partial charge >= 0.3 is 0 Å². The number of aliphatic hydroxyl groups is 1. The molecule has 1 unspecified atom stereocenters. The summed E-state index contributed by atoms with van der Waals surface area (Å²) in [7, 11) is 0. The Kier molecular flexibility index (Phi) is 5.05. The zero-order valence-corrected chi connectivity index (χ0v) is 10.7. The number of anilines is 1. The van der Waals surface area contributed by atoms with Crippen LogP contribution in [0.3, 0.4) is 0 Å². The lowest BCUT2D eigenvalue weighted by Crippen LogP contribution is -2.25. The van der Waals surface area contributed by atoms with Crippen molar-refractivity contribution in [3.63, 3.8) is 0 Å². The molecule has 1 aromatic rings. The first-order valence-corrected chi connectivity index (χ1v) is 5.89. The predicted molar refractivity (Wildman–Crippen MR) is 65.9 cm³/mol. The molecular weight excluding hydrogens is 256 g/mol. The van der Waals surface area contributed by atoms with Crippen LogP contribution in [0.2, 0.25) is 0 Å². The first-order valence-electron chi connectivity index (χ1n) is 5.09. The van der Waals surface area contributed by atoms with Crippen LogP contribution in [-0.4, -0.2) is 22.7 Å². The Morgan fingerprint density at radius 2 is 2.20 bits per heavy atom. The van der Waals surface area contributed by atoms with E-state index in [0.717, 1.165) is 16.6 Å². The van der Waals surface area contributed by atoms with Gasteiger partial charge in [-0.05, 0) is 34.3 Å². The summed E-state index contributed by atoms with van der Waals surface area (Å²) in [5.41, 5.74) is 0.934. The van der Waals surface area contributed by atoms with E-state index in [4.69, 9.17) is 0 Å². The molecule has 4 heteroatoms. The molecule has 84 valence electrons. The van der Waals surface area contributed by atoms with Gasteiger partial charge in [0.05, 0.1) is 18.5 Å². The maximum Gasteiger partial charge on any atom is 0.0632 e. The lowest BCUT2D eigenvalue weighted by Gasteiger charge is -2.19. The van der Waals surface area contributed by atoms with Crippen molar-refractivity contribution in [2.24, 2.45) is 5.92 Å². The van der Waals surface area contributed by atoms with Gasteiger partial charge in [-0.25, -0.2) is 0 Å². The van der Waals surface area contributed by atoms with Gasteiger partial charge in [-0.3, -0.25) is 4.98 Å². The SMILES string of the molecule is CC(C)CC(CO)Nc1cncc(Br)c1. The highest BCUT2D eigenvalue weighted by Crippen LogP contribution is 2.16. The maximum absolute atomic E-state index is 9.21. The molecular formula is C11H17BrN2O. The Morgan fingerprint density at radius 3 is 2.73 bits per heavy atom. The lowest BCUT2D eigenvalue weighted by atomic mass is 10.0. The van der Waals surface area contributed by atoms with E-state index in [1.165, 1.54) is 0 Å². The third-order valence-corrected chi connectivity index (χ3v) is 2.49. The Bertz CT molecular complexity index is 304. The Labute approximate surface area is 99.1 Å². The molecule has 0 spiro atoms. The second kappa shape index (κ2) is 6.08. The van der Waals surface area contributed by atoms with Crippen molar-refractivity contribution in [1.29, 1.82) is 0 Å². The summed E-state index contributed by atoms with van der Waals surface area (Å²) in [6.07, 6.45) is 4.44. The zero-order chi connectivity index (χ0) is 11.3. The molecule has 0 saturated heterocycles. The van der Waals surface area contributed by atoms with Gasteiger partial charge in [0.2, 0.25) is 0 Å². The van der Waals surface area contributed by atoms with Crippen molar-refractivity contribution in [3.05, 3.63) is 22.9 Å². The number of pyridine rings is 1. The van der Waals surface area contributed by atoms with Crippen LogP contribution in [-0.2, 0) is 0 Å². The summed E-state index contributed by atoms with van der Waals surface area (Å²) in [4.78, 5) is 4.06. The molecule has 1 heterocycles. The number of hydrogen-bond donors (Lipinski definition) is 2. The largest absolute Gasteiger partial charge is 0.394 e. The second-order valence-corrected chi connectivity index (χ2v) is 4.96. The topological polar surface area (TPSA) is 45.1 Å². The van der Waals surface area contributed by atoms with Crippen molar-refractivity contribution in [1.82, 2.24) is 4.98 Å². The van der Waals surface area contributed by atoms with Crippen molar-refractivity contribution in [2.75, 3.05) is 11.9 Å². The molecule has 15 heavy (non-hydrogen) atoms. The summed E-state index contributed by atoms with van der Waals surface area (Å²) in [5, 5.41) is 12.5. The van der Waals surface area contributed by atoms with E-state index in [-0.39, 0.29) is 12.6 Å². The van der Waals surface area contributed by atoms with Gasteiger partial charge in [0.1, 0.15) is 0 Å². The molecule has 0 aromatic carbocycles. The average Bonchev–Trinajstić information content (AvgIpc) is 2.16. The fraction of sp³-hybridized carbons (Fsp3) is 0.545. The van der Waals surface area contributed by atoms with E-state index < -0.39 is 0 Å². The van der Waals surface area contributed by atoms with Crippen molar-refractivity contribution < 1.29 is 5.11 Å². The van der Waals surface area contributed by atoms with Crippen LogP contribution in [0.4, 0.5) is 5.69 Å². The van der Waals surface area contributed by atoms with Gasteiger partial charge in [-0.1, -0.05) is 13.8 Å². The third-order valence-electron chi connectivity index (χ3n) is 2.05. The molecule has 1 atom stereocenters. The van der Waals surface area contributed by atoms with Gasteiger partial charge in [0.25, 0.3) is 0 Å². The number of halogens is 1. The molecule has 0 saturated carbocycles. The molecule has 0 aliphatic carbocycles. The van der Waals surface area contributed by atoms with Crippen molar-refractivity contribution in [2.45, 2.75) is 26.3 Å². The molecule has 2 N–H and O–H groups in total. The van der Waals surface area contributed by atoms with Crippen LogP contribution in [0.15, 0.2) is 22.9 Å². The van der Waals surface area contributed by atoms with Gasteiger partial charge < -0.3 is 10.4 Å². The van der Waals surface area contributed by atoms with Crippen LogP contribution >= 0.6 is 15.9 Å². The van der Waals surface area contributed by atoms with E-state index in [1.807, 2.05) is 6.07 Å². The zero-order valence-electron chi connectivity index (χ0n) is 9.07. The van der Waals surface area contributed by atoms with Crippen molar-refractivity contribution >= 4 is 21.6 Å². The monoisotopic (exact) mass is 272 g/mol. The molecule has 0 aliphatic rings. The third kappa shape index (κ3) is 4.62. The standard InChI is InChI=1S/C11H17BrN2O/c1-8(2)3-11(7-15)14-10-4-9(12)5-13-6-10/h4-6,8,11,14-15H,3,7H2,1-2H3. The van der Waals surface area contributed by atoms with E-state index in [0.29, 0.717) is 5.92 Å². The smallest absolute Gasteiger partial charge is 0.0632 e. The summed E-state index contributed by atoms with van der Waals surface area (Å²) in [6.45, 7) is 4.43. The molecule has 3 nitrogen and oxygen atoms in total. The minimum Gasteiger partial charge on any atom is -0.394 e. The highest BCUT2D eigenvalue weighted by Gasteiger charge is 2.09. The first kappa shape index (κ1) is 12.5. The lowest BCUT2D eigenvalue weighted by molar-refractivity contribution is 0.259. The van der Waals surface area contributed by atoms with Gasteiger partial charge in [-0.2, -0.15) is 0 Å². The van der Waals surface area contributed by atoms with Crippen LogP contribution < -0.4 is 5.32 Å². The number of hydrogen-bond acceptors (Lipinski definition) is 3. The van der Waals surface area contributed by atoms with Crippen molar-refractivity contribution in [3.8, 4) is 0 Å². The molecule has 0 radical (unpaired) electrons. The quantitative estimate of drug-likeness (QED) is 0.867. The van der Waals surface area contributed by atoms with E-state index >= 15 is 0 Å². The highest BCUT2D eigenvalue weighted by atomic mass is 79.9. The Morgan fingerprint density at radius 1 is 1.47 bits per heavy atom. The molecule has 0 bridgehead atoms. The number of nitrogens with one attached hydrogen (secondary N) is 1. The normalized spacial score (nSPS) is 12.9. The molecule has 1 rings (SSSR count). The second-order valence-electron chi connectivity index (χ2n) is 4.05. The number of aliphatic hydroxyl groups excluding tert-OH is 1. The fourth-order valence-corrected chi connectivity index (χ4v) is 1.84. The minimum atomic E-state index is 0.0982. The summed E-state index contributed by atoms with van der Waals surface area (Å²) >= 11 is 3.36. The molecule has 0 aliphatic heterocycles. The maximum atomic E-state index is 9.21. The highest BCUT2D eigenvalue weighted by molar-refractivity contribution is 9.10. The number of rotatable bonds is 5. The Balaban J connectivity index is 2.58. The number of nitrogens with zero attached hydrogens (tertiary/aromatic N) is 1. The van der Waals surface area contributed by atoms with Crippen LogP contribution in [0, 0.1) is 5.92 Å². The number of aromatic nitrogens is 1. The minimum absolute atomic E-state index is 0.0982. The molecule has 0 fully saturated rings. The predicted octanol–water partition coefficient (Wildman–Crippen LogP) is 2.66. The molecule has 1 aromatic heterocycles. The Hall–Kier alpha value is -0.610. The van der Waals surface area contributed by atoms with E-state index in [1.54, 1.807) is 12.4 Å². The summed E-state index contributed by atoms with van der Waals surface area (Å²) in [5.74, 6) is 0.565. The van der Waals surface area contributed by atoms with Gasteiger partial charge in [0, 0.05) is 16.7 Å². The summed E-state index contributed by atoms with van der Waals surface area (Å²) in [6, 6.07) is 2.05. The van der Waals surface area contributed by atoms with Crippen LogP contribution in [0.1, 0.15) is 20.3 Å². The van der Waals surface area contributed by atoms with E-state index in [2.05, 4.69) is 40.1 Å². The van der Waals surface area contributed by atoms with Crippen LogP contribution in [0.25, 0.3) is 0 Å². The van der Waals surface area contributed by atoms with E-state index in [9.17, 15) is 5.11 Å². The molecule has 0 amide bonds. The first-order chi connectivity index (χ1) is 7.11. The average molecular weight is 273 g/mol. The van der Waals surface area contributed by atoms with Gasteiger partial charge in [0.15, 0.2) is 0 Å². The fourth-order valence-electron chi connectivity index (χ4n) is 1.47. The van der Waals surface area contributed by atoms with Gasteiger partial charge in [-0.15, -0.1) is 0 Å². The summed E-state index contributed by atoms with van der Waals surface area (Å²) < 4.78 is 0.939.